The molecular formula is C5H10N4. The molecule has 4 N–H and O–H groups in total. The predicted molar refractivity (Wildman–Crippen MR) is 34.4 cm³/mol. The van der Waals surface area contributed by atoms with Crippen LogP contribution < -0.4 is 11.3 Å². The first-order chi connectivity index (χ1) is 4.34. The molecule has 0 fully saturated rings. The quantitative estimate of drug-likeness (QED) is 0.376. The number of hydrogen-bond acceptors (Lipinski definition) is 3. The molecule has 0 amide bonds. The fourth-order valence-corrected chi connectivity index (χ4v) is 0.662. The molecule has 0 aromatic carbocycles. The number of nitrogens with one attached hydrogen (secondary N) is 2. The van der Waals surface area contributed by atoms with Gasteiger partial charge in [-0.15, -0.1) is 0 Å². The Morgan fingerprint density at radius 2 is 2.67 bits per heavy atom. The summed E-state index contributed by atoms with van der Waals surface area (Å²) in [6.07, 6.45) is 1.65. The first kappa shape index (κ1) is 6.25. The van der Waals surface area contributed by atoms with Gasteiger partial charge in [0.2, 0.25) is 0 Å². The van der Waals surface area contributed by atoms with Crippen molar-refractivity contribution in [3.8, 4) is 0 Å². The molecule has 0 radical (unpaired) electrons. The van der Waals surface area contributed by atoms with Gasteiger partial charge < -0.3 is 4.98 Å². The van der Waals surface area contributed by atoms with E-state index in [1.165, 1.54) is 0 Å². The normalized spacial score (nSPS) is 10.0. The molecule has 0 aliphatic carbocycles. The first-order valence-corrected chi connectivity index (χ1v) is 2.77. The summed E-state index contributed by atoms with van der Waals surface area (Å²) in [7, 11) is 0. The van der Waals surface area contributed by atoms with Gasteiger partial charge >= 0.3 is 0 Å². The van der Waals surface area contributed by atoms with Gasteiger partial charge in [-0.3, -0.25) is 11.3 Å². The van der Waals surface area contributed by atoms with E-state index in [4.69, 9.17) is 5.84 Å². The molecule has 0 saturated heterocycles. The third-order valence-corrected chi connectivity index (χ3v) is 1.20. The minimum absolute atomic E-state index is 0.620. The number of aromatic nitrogens is 2. The highest BCUT2D eigenvalue weighted by molar-refractivity contribution is 5.07. The van der Waals surface area contributed by atoms with Gasteiger partial charge in [-0.05, 0) is 6.92 Å². The summed E-state index contributed by atoms with van der Waals surface area (Å²) in [6, 6.07) is 0. The molecule has 0 spiro atoms. The van der Waals surface area contributed by atoms with E-state index in [2.05, 4.69) is 15.4 Å². The zero-order chi connectivity index (χ0) is 6.69. The van der Waals surface area contributed by atoms with Crippen LogP contribution in [0, 0.1) is 6.92 Å². The molecule has 0 bridgehead atoms. The SMILES string of the molecule is Cc1[nH]cnc1CNN. The Bertz CT molecular complexity index is 181. The average molecular weight is 126 g/mol. The highest BCUT2D eigenvalue weighted by atomic mass is 15.2. The minimum Gasteiger partial charge on any atom is -0.348 e. The number of H-pyrrole nitrogens is 1. The van der Waals surface area contributed by atoms with Gasteiger partial charge in [-0.2, -0.15) is 0 Å². The Morgan fingerprint density at radius 3 is 3.11 bits per heavy atom. The number of rotatable bonds is 2. The van der Waals surface area contributed by atoms with Crippen molar-refractivity contribution in [2.75, 3.05) is 0 Å². The summed E-state index contributed by atoms with van der Waals surface area (Å²) < 4.78 is 0. The van der Waals surface area contributed by atoms with Crippen LogP contribution in [0.15, 0.2) is 6.33 Å². The Hall–Kier alpha value is -0.870. The van der Waals surface area contributed by atoms with Crippen LogP contribution in [0.25, 0.3) is 0 Å². The molecule has 0 aliphatic heterocycles. The van der Waals surface area contributed by atoms with Crippen LogP contribution in [0.4, 0.5) is 0 Å². The molecule has 0 unspecified atom stereocenters. The van der Waals surface area contributed by atoms with Crippen molar-refractivity contribution in [1.82, 2.24) is 15.4 Å². The van der Waals surface area contributed by atoms with Crippen molar-refractivity contribution < 1.29 is 0 Å². The number of aromatic amines is 1. The molecule has 0 saturated carbocycles. The first-order valence-electron chi connectivity index (χ1n) is 2.77. The molecule has 0 aliphatic rings. The van der Waals surface area contributed by atoms with Gasteiger partial charge in [0.15, 0.2) is 0 Å². The van der Waals surface area contributed by atoms with E-state index in [-0.39, 0.29) is 0 Å². The number of hydrazine groups is 1. The van der Waals surface area contributed by atoms with Crippen molar-refractivity contribution in [3.63, 3.8) is 0 Å². The Labute approximate surface area is 53.4 Å². The largest absolute Gasteiger partial charge is 0.348 e. The molecule has 1 heterocycles. The zero-order valence-corrected chi connectivity index (χ0v) is 5.31. The second kappa shape index (κ2) is 2.61. The van der Waals surface area contributed by atoms with E-state index >= 15 is 0 Å². The fourth-order valence-electron chi connectivity index (χ4n) is 0.662. The van der Waals surface area contributed by atoms with Gasteiger partial charge in [0.25, 0.3) is 0 Å². The Morgan fingerprint density at radius 1 is 1.89 bits per heavy atom. The van der Waals surface area contributed by atoms with Crippen molar-refractivity contribution in [2.45, 2.75) is 13.5 Å². The minimum atomic E-state index is 0.620. The highest BCUT2D eigenvalue weighted by Crippen LogP contribution is 1.97. The summed E-state index contributed by atoms with van der Waals surface area (Å²) in [5, 5.41) is 0. The van der Waals surface area contributed by atoms with Crippen LogP contribution in [-0.2, 0) is 6.54 Å². The third kappa shape index (κ3) is 1.28. The van der Waals surface area contributed by atoms with E-state index in [0.717, 1.165) is 11.4 Å². The van der Waals surface area contributed by atoms with Crippen molar-refractivity contribution in [1.29, 1.82) is 0 Å². The van der Waals surface area contributed by atoms with Crippen molar-refractivity contribution >= 4 is 0 Å². The number of aryl methyl sites for hydroxylation is 1. The maximum absolute atomic E-state index is 5.08. The van der Waals surface area contributed by atoms with Gasteiger partial charge in [-0.1, -0.05) is 0 Å². The summed E-state index contributed by atoms with van der Waals surface area (Å²) >= 11 is 0. The molecule has 50 valence electrons. The standard InChI is InChI=1S/C5H10N4/c1-4-5(2-9-6)8-3-7-4/h3,9H,2,6H2,1H3,(H,7,8). The van der Waals surface area contributed by atoms with Crippen LogP contribution >= 0.6 is 0 Å². The summed E-state index contributed by atoms with van der Waals surface area (Å²) in [5.41, 5.74) is 4.56. The van der Waals surface area contributed by atoms with Crippen LogP contribution in [0.2, 0.25) is 0 Å². The zero-order valence-electron chi connectivity index (χ0n) is 5.31. The van der Waals surface area contributed by atoms with Crippen molar-refractivity contribution in [3.05, 3.63) is 17.7 Å². The highest BCUT2D eigenvalue weighted by Gasteiger charge is 1.96. The second-order valence-electron chi connectivity index (χ2n) is 1.86. The number of nitrogens with zero attached hydrogens (tertiary/aromatic N) is 1. The topological polar surface area (TPSA) is 66.7 Å². The molecule has 0 atom stereocenters. The fraction of sp³-hybridized carbons (Fsp3) is 0.400. The van der Waals surface area contributed by atoms with Gasteiger partial charge in [0.05, 0.1) is 18.6 Å². The van der Waals surface area contributed by atoms with Crippen molar-refractivity contribution in [2.24, 2.45) is 5.84 Å². The molecule has 4 heteroatoms. The number of nitrogens with two attached hydrogens (primary N) is 1. The van der Waals surface area contributed by atoms with E-state index in [1.807, 2.05) is 6.92 Å². The molecule has 9 heavy (non-hydrogen) atoms. The maximum Gasteiger partial charge on any atom is 0.0925 e. The number of hydrogen-bond donors (Lipinski definition) is 3. The van der Waals surface area contributed by atoms with E-state index < -0.39 is 0 Å². The van der Waals surface area contributed by atoms with E-state index in [1.54, 1.807) is 6.33 Å². The van der Waals surface area contributed by atoms with E-state index in [0.29, 0.717) is 6.54 Å². The van der Waals surface area contributed by atoms with Crippen LogP contribution in [-0.4, -0.2) is 9.97 Å². The Balaban J connectivity index is 2.69. The molecular weight excluding hydrogens is 116 g/mol. The van der Waals surface area contributed by atoms with Gasteiger partial charge in [0.1, 0.15) is 0 Å². The monoisotopic (exact) mass is 126 g/mol. The maximum atomic E-state index is 5.08. The molecule has 4 nitrogen and oxygen atoms in total. The lowest BCUT2D eigenvalue weighted by atomic mass is 10.3. The predicted octanol–water partition coefficient (Wildman–Crippen LogP) is -0.319. The van der Waals surface area contributed by atoms with Crippen LogP contribution in [0.3, 0.4) is 0 Å². The van der Waals surface area contributed by atoms with Gasteiger partial charge in [-0.25, -0.2) is 4.98 Å². The van der Waals surface area contributed by atoms with Crippen LogP contribution in [0.1, 0.15) is 11.4 Å². The molecule has 1 aromatic rings. The molecule has 1 rings (SSSR count). The lowest BCUT2D eigenvalue weighted by Gasteiger charge is -1.93. The Kier molecular flexibility index (Phi) is 1.81. The summed E-state index contributed by atoms with van der Waals surface area (Å²) in [4.78, 5) is 6.95. The third-order valence-electron chi connectivity index (χ3n) is 1.20. The second-order valence-corrected chi connectivity index (χ2v) is 1.86. The van der Waals surface area contributed by atoms with Gasteiger partial charge in [0, 0.05) is 5.69 Å². The average Bonchev–Trinajstić information content (AvgIpc) is 2.18. The lowest BCUT2D eigenvalue weighted by molar-refractivity contribution is 0.722. The molecule has 1 aromatic heterocycles. The van der Waals surface area contributed by atoms with Crippen LogP contribution in [0.5, 0.6) is 0 Å². The van der Waals surface area contributed by atoms with E-state index in [9.17, 15) is 0 Å². The summed E-state index contributed by atoms with van der Waals surface area (Å²) in [5.74, 6) is 5.08. The smallest absolute Gasteiger partial charge is 0.0925 e. The lowest BCUT2D eigenvalue weighted by Crippen LogP contribution is -2.21. The number of imidazole rings is 1. The summed E-state index contributed by atoms with van der Waals surface area (Å²) in [6.45, 7) is 2.58.